The molecular formula is C21H23NO3S. The summed E-state index contributed by atoms with van der Waals surface area (Å²) in [6.07, 6.45) is 1.78. The van der Waals surface area contributed by atoms with Gasteiger partial charge in [0.05, 0.1) is 19.6 Å². The quantitative estimate of drug-likeness (QED) is 0.798. The average Bonchev–Trinajstić information content (AvgIpc) is 3.37. The van der Waals surface area contributed by atoms with Crippen molar-refractivity contribution >= 4 is 17.7 Å². The number of thioether (sulfide) groups is 1. The van der Waals surface area contributed by atoms with E-state index in [0.717, 1.165) is 47.8 Å². The number of rotatable bonds is 5. The Morgan fingerprint density at radius 1 is 1.08 bits per heavy atom. The van der Waals surface area contributed by atoms with E-state index in [2.05, 4.69) is 12.1 Å². The first kappa shape index (κ1) is 17.3. The number of nitrogens with zero attached hydrogens (tertiary/aromatic N) is 1. The number of methoxy groups -OCH3 is 2. The van der Waals surface area contributed by atoms with Crippen LogP contribution in [0.15, 0.2) is 48.5 Å². The highest BCUT2D eigenvalue weighted by Crippen LogP contribution is 2.54. The third kappa shape index (κ3) is 2.84. The van der Waals surface area contributed by atoms with Crippen LogP contribution in [0.25, 0.3) is 0 Å². The van der Waals surface area contributed by atoms with Crippen molar-refractivity contribution in [3.05, 3.63) is 59.7 Å². The molecule has 1 atom stereocenters. The van der Waals surface area contributed by atoms with Crippen LogP contribution in [0.1, 0.15) is 29.3 Å². The summed E-state index contributed by atoms with van der Waals surface area (Å²) in [5.41, 5.74) is 1.76. The van der Waals surface area contributed by atoms with Gasteiger partial charge in [-0.25, -0.2) is 0 Å². The molecule has 1 unspecified atom stereocenters. The van der Waals surface area contributed by atoms with Gasteiger partial charge >= 0.3 is 0 Å². The predicted octanol–water partition coefficient (Wildman–Crippen LogP) is 4.01. The molecule has 0 bridgehead atoms. The maximum absolute atomic E-state index is 13.5. The van der Waals surface area contributed by atoms with Gasteiger partial charge in [0.2, 0.25) is 5.91 Å². The summed E-state index contributed by atoms with van der Waals surface area (Å²) in [7, 11) is 3.34. The zero-order valence-electron chi connectivity index (χ0n) is 15.1. The Morgan fingerprint density at radius 3 is 2.46 bits per heavy atom. The lowest BCUT2D eigenvalue weighted by Crippen LogP contribution is -2.39. The first-order valence-electron chi connectivity index (χ1n) is 8.90. The number of benzene rings is 2. The molecule has 0 spiro atoms. The Morgan fingerprint density at radius 2 is 1.81 bits per heavy atom. The van der Waals surface area contributed by atoms with Crippen molar-refractivity contribution < 1.29 is 14.3 Å². The standard InChI is InChI=1S/C21H23NO3S/c1-24-16-9-7-15(8-10-16)19-22(13-14-26-19)20(23)21(11-12-21)17-5-3-4-6-18(17)25-2/h3-10,19H,11-14H2,1-2H3. The van der Waals surface area contributed by atoms with Crippen LogP contribution in [0.4, 0.5) is 0 Å². The van der Waals surface area contributed by atoms with Crippen LogP contribution in [-0.4, -0.2) is 37.3 Å². The van der Waals surface area contributed by atoms with Crippen molar-refractivity contribution in [3.63, 3.8) is 0 Å². The number of carbonyl (C=O) groups is 1. The number of para-hydroxylation sites is 1. The van der Waals surface area contributed by atoms with Crippen LogP contribution in [-0.2, 0) is 10.2 Å². The summed E-state index contributed by atoms with van der Waals surface area (Å²) in [6.45, 7) is 0.789. The van der Waals surface area contributed by atoms with Crippen molar-refractivity contribution in [3.8, 4) is 11.5 Å². The molecule has 1 aliphatic heterocycles. The minimum absolute atomic E-state index is 0.0700. The summed E-state index contributed by atoms with van der Waals surface area (Å²) >= 11 is 1.83. The molecule has 1 saturated heterocycles. The molecule has 26 heavy (non-hydrogen) atoms. The van der Waals surface area contributed by atoms with Crippen molar-refractivity contribution in [2.24, 2.45) is 0 Å². The van der Waals surface area contributed by atoms with Crippen LogP contribution in [0.5, 0.6) is 11.5 Å². The predicted molar refractivity (Wildman–Crippen MR) is 104 cm³/mol. The second-order valence-electron chi connectivity index (χ2n) is 6.78. The fourth-order valence-electron chi connectivity index (χ4n) is 3.76. The van der Waals surface area contributed by atoms with Gasteiger partial charge in [-0.1, -0.05) is 30.3 Å². The first-order chi connectivity index (χ1) is 12.7. The van der Waals surface area contributed by atoms with Crippen LogP contribution >= 0.6 is 11.8 Å². The monoisotopic (exact) mass is 369 g/mol. The third-order valence-electron chi connectivity index (χ3n) is 5.33. The van der Waals surface area contributed by atoms with Crippen LogP contribution in [0, 0.1) is 0 Å². The van der Waals surface area contributed by atoms with E-state index in [1.54, 1.807) is 14.2 Å². The summed E-state index contributed by atoms with van der Waals surface area (Å²) < 4.78 is 10.8. The highest BCUT2D eigenvalue weighted by atomic mass is 32.2. The van der Waals surface area contributed by atoms with Crippen LogP contribution < -0.4 is 9.47 Å². The number of amides is 1. The Kier molecular flexibility index (Phi) is 4.57. The third-order valence-corrected chi connectivity index (χ3v) is 6.60. The first-order valence-corrected chi connectivity index (χ1v) is 9.94. The van der Waals surface area contributed by atoms with Gasteiger partial charge in [0.15, 0.2) is 0 Å². The zero-order valence-corrected chi connectivity index (χ0v) is 15.9. The second kappa shape index (κ2) is 6.88. The van der Waals surface area contributed by atoms with Gasteiger partial charge in [-0.15, -0.1) is 11.8 Å². The lowest BCUT2D eigenvalue weighted by atomic mass is 9.93. The van der Waals surface area contributed by atoms with Gasteiger partial charge < -0.3 is 14.4 Å². The van der Waals surface area contributed by atoms with E-state index in [0.29, 0.717) is 0 Å². The highest BCUT2D eigenvalue weighted by Gasteiger charge is 2.55. The maximum Gasteiger partial charge on any atom is 0.234 e. The number of hydrogen-bond acceptors (Lipinski definition) is 4. The minimum Gasteiger partial charge on any atom is -0.497 e. The van der Waals surface area contributed by atoms with Gasteiger partial charge in [0, 0.05) is 17.9 Å². The van der Waals surface area contributed by atoms with E-state index >= 15 is 0 Å². The Balaban J connectivity index is 1.62. The van der Waals surface area contributed by atoms with Crippen molar-refractivity contribution in [2.45, 2.75) is 23.6 Å². The van der Waals surface area contributed by atoms with Gasteiger partial charge in [-0.2, -0.15) is 0 Å². The van der Waals surface area contributed by atoms with Gasteiger partial charge in [-0.05, 0) is 36.6 Å². The Bertz CT molecular complexity index is 801. The summed E-state index contributed by atoms with van der Waals surface area (Å²) in [6, 6.07) is 16.0. The summed E-state index contributed by atoms with van der Waals surface area (Å²) in [5.74, 6) is 2.84. The molecule has 4 rings (SSSR count). The van der Waals surface area contributed by atoms with Crippen molar-refractivity contribution in [2.75, 3.05) is 26.5 Å². The van der Waals surface area contributed by atoms with Crippen LogP contribution in [0.2, 0.25) is 0 Å². The molecule has 2 aliphatic rings. The SMILES string of the molecule is COc1ccc(C2SCCN2C(=O)C2(c3ccccc3OC)CC2)cc1. The van der Waals surface area contributed by atoms with Crippen LogP contribution in [0.3, 0.4) is 0 Å². The Hall–Kier alpha value is -2.14. The normalized spacial score (nSPS) is 20.7. The molecule has 2 aromatic carbocycles. The summed E-state index contributed by atoms with van der Waals surface area (Å²) in [4.78, 5) is 15.6. The van der Waals surface area contributed by atoms with Gasteiger partial charge in [-0.3, -0.25) is 4.79 Å². The number of ether oxygens (including phenoxy) is 2. The number of hydrogen-bond donors (Lipinski definition) is 0. The zero-order chi connectivity index (χ0) is 18.1. The Labute approximate surface area is 158 Å². The lowest BCUT2D eigenvalue weighted by molar-refractivity contribution is -0.134. The van der Waals surface area contributed by atoms with Crippen molar-refractivity contribution in [1.82, 2.24) is 4.90 Å². The largest absolute Gasteiger partial charge is 0.497 e. The molecule has 2 fully saturated rings. The molecule has 1 saturated carbocycles. The number of carbonyl (C=O) groups excluding carboxylic acids is 1. The van der Waals surface area contributed by atoms with E-state index in [4.69, 9.17) is 9.47 Å². The molecule has 1 heterocycles. The lowest BCUT2D eigenvalue weighted by Gasteiger charge is -2.29. The molecule has 2 aromatic rings. The smallest absolute Gasteiger partial charge is 0.234 e. The fourth-order valence-corrected chi connectivity index (χ4v) is 5.02. The molecule has 0 N–H and O–H groups in total. The summed E-state index contributed by atoms with van der Waals surface area (Å²) in [5, 5.41) is 0.0700. The molecule has 4 nitrogen and oxygen atoms in total. The van der Waals surface area contributed by atoms with Crippen molar-refractivity contribution in [1.29, 1.82) is 0 Å². The topological polar surface area (TPSA) is 38.8 Å². The molecule has 5 heteroatoms. The van der Waals surface area contributed by atoms with E-state index in [1.165, 1.54) is 0 Å². The van der Waals surface area contributed by atoms with Gasteiger partial charge in [0.1, 0.15) is 16.9 Å². The van der Waals surface area contributed by atoms with E-state index < -0.39 is 5.41 Å². The fraction of sp³-hybridized carbons (Fsp3) is 0.381. The molecule has 1 amide bonds. The highest BCUT2D eigenvalue weighted by molar-refractivity contribution is 7.99. The molecular weight excluding hydrogens is 346 g/mol. The minimum atomic E-state index is -0.414. The second-order valence-corrected chi connectivity index (χ2v) is 7.97. The molecule has 0 aromatic heterocycles. The van der Waals surface area contributed by atoms with E-state index in [1.807, 2.05) is 53.1 Å². The molecule has 136 valence electrons. The van der Waals surface area contributed by atoms with Gasteiger partial charge in [0.25, 0.3) is 0 Å². The maximum atomic E-state index is 13.5. The van der Waals surface area contributed by atoms with E-state index in [9.17, 15) is 4.79 Å². The molecule has 1 aliphatic carbocycles. The molecule has 0 radical (unpaired) electrons. The average molecular weight is 369 g/mol. The van der Waals surface area contributed by atoms with E-state index in [-0.39, 0.29) is 11.3 Å².